The van der Waals surface area contributed by atoms with Crippen LogP contribution in [0, 0.1) is 6.92 Å². The van der Waals surface area contributed by atoms with Crippen LogP contribution in [0.4, 0.5) is 0 Å². The standard InChI is InChI=1S/C13H18Cl2N2/c1-9-10(2-3-12(14)13(9)15)8-17-6-4-11(16)5-7-17/h2-3,11H,4-8,16H2,1H3. The van der Waals surface area contributed by atoms with E-state index in [1.807, 2.05) is 13.0 Å². The zero-order valence-electron chi connectivity index (χ0n) is 10.0. The Morgan fingerprint density at radius 1 is 1.29 bits per heavy atom. The number of hydrogen-bond acceptors (Lipinski definition) is 2. The van der Waals surface area contributed by atoms with Crippen LogP contribution in [-0.2, 0) is 6.54 Å². The van der Waals surface area contributed by atoms with E-state index in [9.17, 15) is 0 Å². The van der Waals surface area contributed by atoms with Crippen LogP contribution in [0.2, 0.25) is 10.0 Å². The molecule has 0 saturated carbocycles. The lowest BCUT2D eigenvalue weighted by Crippen LogP contribution is -2.39. The summed E-state index contributed by atoms with van der Waals surface area (Å²) in [7, 11) is 0. The maximum Gasteiger partial charge on any atom is 0.0624 e. The second-order valence-corrected chi connectivity index (χ2v) is 5.54. The molecule has 0 aromatic heterocycles. The second-order valence-electron chi connectivity index (χ2n) is 4.76. The maximum absolute atomic E-state index is 6.15. The van der Waals surface area contributed by atoms with Crippen molar-refractivity contribution >= 4 is 23.2 Å². The maximum atomic E-state index is 6.15. The van der Waals surface area contributed by atoms with Crippen LogP contribution in [0.5, 0.6) is 0 Å². The van der Waals surface area contributed by atoms with Gasteiger partial charge in [0.15, 0.2) is 0 Å². The van der Waals surface area contributed by atoms with Crippen molar-refractivity contribution in [1.29, 1.82) is 0 Å². The molecule has 1 aromatic rings. The zero-order valence-corrected chi connectivity index (χ0v) is 11.6. The smallest absolute Gasteiger partial charge is 0.0624 e. The Hall–Kier alpha value is -0.280. The first-order valence-corrected chi connectivity index (χ1v) is 6.75. The third kappa shape index (κ3) is 3.14. The molecule has 0 atom stereocenters. The van der Waals surface area contributed by atoms with E-state index in [2.05, 4.69) is 11.0 Å². The summed E-state index contributed by atoms with van der Waals surface area (Å²) in [5.74, 6) is 0. The first kappa shape index (κ1) is 13.2. The van der Waals surface area contributed by atoms with Crippen molar-refractivity contribution in [3.8, 4) is 0 Å². The highest BCUT2D eigenvalue weighted by molar-refractivity contribution is 6.42. The Bertz CT molecular complexity index is 399. The summed E-state index contributed by atoms with van der Waals surface area (Å²) in [6.45, 7) is 5.11. The minimum atomic E-state index is 0.376. The van der Waals surface area contributed by atoms with Gasteiger partial charge in [0, 0.05) is 12.6 Å². The predicted molar refractivity (Wildman–Crippen MR) is 73.7 cm³/mol. The molecule has 94 valence electrons. The summed E-state index contributed by atoms with van der Waals surface area (Å²) in [4.78, 5) is 2.43. The average Bonchev–Trinajstić information content (AvgIpc) is 2.33. The van der Waals surface area contributed by atoms with Crippen molar-refractivity contribution in [2.45, 2.75) is 32.4 Å². The molecule has 0 radical (unpaired) electrons. The fourth-order valence-corrected chi connectivity index (χ4v) is 2.60. The van der Waals surface area contributed by atoms with Gasteiger partial charge in [0.05, 0.1) is 10.0 Å². The third-order valence-electron chi connectivity index (χ3n) is 3.48. The highest BCUT2D eigenvalue weighted by Crippen LogP contribution is 2.28. The summed E-state index contributed by atoms with van der Waals surface area (Å²) in [6.07, 6.45) is 2.17. The van der Waals surface area contributed by atoms with E-state index < -0.39 is 0 Å². The van der Waals surface area contributed by atoms with E-state index >= 15 is 0 Å². The van der Waals surface area contributed by atoms with Crippen LogP contribution in [0.25, 0.3) is 0 Å². The van der Waals surface area contributed by atoms with Gasteiger partial charge >= 0.3 is 0 Å². The molecule has 2 nitrogen and oxygen atoms in total. The molecule has 0 bridgehead atoms. The first-order chi connectivity index (χ1) is 8.08. The van der Waals surface area contributed by atoms with E-state index in [-0.39, 0.29) is 0 Å². The Morgan fingerprint density at radius 3 is 2.59 bits per heavy atom. The molecule has 1 aliphatic heterocycles. The van der Waals surface area contributed by atoms with Crippen molar-refractivity contribution in [2.24, 2.45) is 5.73 Å². The lowest BCUT2D eigenvalue weighted by Gasteiger charge is -2.30. The van der Waals surface area contributed by atoms with Gasteiger partial charge < -0.3 is 5.73 Å². The molecule has 1 fully saturated rings. The highest BCUT2D eigenvalue weighted by Gasteiger charge is 2.17. The molecule has 2 N–H and O–H groups in total. The van der Waals surface area contributed by atoms with Gasteiger partial charge in [-0.25, -0.2) is 0 Å². The molecule has 0 amide bonds. The molecule has 0 aliphatic carbocycles. The van der Waals surface area contributed by atoms with Gasteiger partial charge in [-0.3, -0.25) is 4.90 Å². The molecule has 1 saturated heterocycles. The molecular formula is C13H18Cl2N2. The quantitative estimate of drug-likeness (QED) is 0.896. The minimum Gasteiger partial charge on any atom is -0.328 e. The number of rotatable bonds is 2. The van der Waals surface area contributed by atoms with Crippen molar-refractivity contribution in [3.05, 3.63) is 33.3 Å². The Morgan fingerprint density at radius 2 is 1.94 bits per heavy atom. The number of nitrogens with zero attached hydrogens (tertiary/aromatic N) is 1. The molecule has 0 unspecified atom stereocenters. The molecular weight excluding hydrogens is 255 g/mol. The van der Waals surface area contributed by atoms with Crippen LogP contribution < -0.4 is 5.73 Å². The molecule has 2 rings (SSSR count). The van der Waals surface area contributed by atoms with Crippen LogP contribution in [0.15, 0.2) is 12.1 Å². The van der Waals surface area contributed by atoms with Gasteiger partial charge in [-0.2, -0.15) is 0 Å². The van der Waals surface area contributed by atoms with Crippen LogP contribution in [-0.4, -0.2) is 24.0 Å². The van der Waals surface area contributed by atoms with Crippen LogP contribution in [0.1, 0.15) is 24.0 Å². The summed E-state index contributed by atoms with van der Waals surface area (Å²) < 4.78 is 0. The van der Waals surface area contributed by atoms with Gasteiger partial charge in [0.1, 0.15) is 0 Å². The van der Waals surface area contributed by atoms with Crippen LogP contribution >= 0.6 is 23.2 Å². The van der Waals surface area contributed by atoms with Gasteiger partial charge in [0.2, 0.25) is 0 Å². The van der Waals surface area contributed by atoms with Gasteiger partial charge in [-0.15, -0.1) is 0 Å². The Balaban J connectivity index is 2.06. The summed E-state index contributed by atoms with van der Waals surface area (Å²) in [6, 6.07) is 4.32. The zero-order chi connectivity index (χ0) is 12.4. The Labute approximate surface area is 113 Å². The minimum absolute atomic E-state index is 0.376. The lowest BCUT2D eigenvalue weighted by atomic mass is 10.0. The third-order valence-corrected chi connectivity index (χ3v) is 4.38. The molecule has 0 spiro atoms. The lowest BCUT2D eigenvalue weighted by molar-refractivity contribution is 0.205. The van der Waals surface area contributed by atoms with Gasteiger partial charge in [-0.1, -0.05) is 29.3 Å². The fourth-order valence-electron chi connectivity index (χ4n) is 2.22. The first-order valence-electron chi connectivity index (χ1n) is 5.99. The number of likely N-dealkylation sites (tertiary alicyclic amines) is 1. The molecule has 1 aromatic carbocycles. The number of hydrogen-bond donors (Lipinski definition) is 1. The summed E-state index contributed by atoms with van der Waals surface area (Å²) in [5, 5.41) is 1.31. The Kier molecular flexibility index (Phi) is 4.31. The highest BCUT2D eigenvalue weighted by atomic mass is 35.5. The number of halogens is 2. The van der Waals surface area contributed by atoms with E-state index in [1.165, 1.54) is 5.56 Å². The number of nitrogens with two attached hydrogens (primary N) is 1. The van der Waals surface area contributed by atoms with Crippen molar-refractivity contribution < 1.29 is 0 Å². The largest absolute Gasteiger partial charge is 0.328 e. The summed E-state index contributed by atoms with van der Waals surface area (Å²) in [5.41, 5.74) is 8.25. The second kappa shape index (κ2) is 5.57. The van der Waals surface area contributed by atoms with E-state index in [4.69, 9.17) is 28.9 Å². The van der Waals surface area contributed by atoms with E-state index in [0.29, 0.717) is 16.1 Å². The van der Waals surface area contributed by atoms with Crippen molar-refractivity contribution in [3.63, 3.8) is 0 Å². The molecule has 4 heteroatoms. The number of benzene rings is 1. The SMILES string of the molecule is Cc1c(CN2CCC(N)CC2)ccc(Cl)c1Cl. The van der Waals surface area contributed by atoms with Crippen molar-refractivity contribution in [2.75, 3.05) is 13.1 Å². The van der Waals surface area contributed by atoms with Crippen molar-refractivity contribution in [1.82, 2.24) is 4.90 Å². The molecule has 1 heterocycles. The normalized spacial score (nSPS) is 18.6. The van der Waals surface area contributed by atoms with Crippen LogP contribution in [0.3, 0.4) is 0 Å². The fraction of sp³-hybridized carbons (Fsp3) is 0.538. The van der Waals surface area contributed by atoms with E-state index in [1.54, 1.807) is 0 Å². The molecule has 17 heavy (non-hydrogen) atoms. The van der Waals surface area contributed by atoms with Gasteiger partial charge in [0.25, 0.3) is 0 Å². The van der Waals surface area contributed by atoms with Gasteiger partial charge in [-0.05, 0) is 50.0 Å². The summed E-state index contributed by atoms with van der Waals surface area (Å²) >= 11 is 12.1. The average molecular weight is 273 g/mol. The number of piperidine rings is 1. The van der Waals surface area contributed by atoms with E-state index in [0.717, 1.165) is 38.0 Å². The predicted octanol–water partition coefficient (Wildman–Crippen LogP) is 3.22. The monoisotopic (exact) mass is 272 g/mol. The topological polar surface area (TPSA) is 29.3 Å². The molecule has 1 aliphatic rings.